The van der Waals surface area contributed by atoms with Crippen LogP contribution in [0.5, 0.6) is 0 Å². The number of nitrogens with zero attached hydrogens (tertiary/aromatic N) is 2. The molecule has 0 unspecified atom stereocenters. The molecule has 0 aliphatic heterocycles. The van der Waals surface area contributed by atoms with E-state index in [0.717, 1.165) is 5.56 Å². The predicted molar refractivity (Wildman–Crippen MR) is 98.7 cm³/mol. The highest BCUT2D eigenvalue weighted by Gasteiger charge is 2.16. The van der Waals surface area contributed by atoms with Gasteiger partial charge in [-0.2, -0.15) is 5.10 Å². The van der Waals surface area contributed by atoms with Gasteiger partial charge in [0.2, 0.25) is 5.43 Å². The van der Waals surface area contributed by atoms with Crippen LogP contribution in [-0.2, 0) is 0 Å². The number of hydrogen-bond acceptors (Lipinski definition) is 3. The van der Waals surface area contributed by atoms with Crippen molar-refractivity contribution in [2.75, 3.05) is 5.32 Å². The third kappa shape index (κ3) is 3.61. The fourth-order valence-electron chi connectivity index (χ4n) is 2.49. The Bertz CT molecular complexity index is 1010. The SMILES string of the molecule is Cc1cccc(NC(=O)c2nn(-c3ccccc3Cl)c(C)cc2=O)c1. The van der Waals surface area contributed by atoms with Crippen LogP contribution in [0, 0.1) is 13.8 Å². The van der Waals surface area contributed by atoms with Crippen LogP contribution in [-0.4, -0.2) is 15.7 Å². The lowest BCUT2D eigenvalue weighted by atomic mass is 10.2. The minimum absolute atomic E-state index is 0.188. The monoisotopic (exact) mass is 353 g/mol. The van der Waals surface area contributed by atoms with Gasteiger partial charge in [0.15, 0.2) is 5.69 Å². The molecular weight excluding hydrogens is 338 g/mol. The molecule has 0 spiro atoms. The highest BCUT2D eigenvalue weighted by molar-refractivity contribution is 6.32. The Kier molecular flexibility index (Phi) is 4.67. The quantitative estimate of drug-likeness (QED) is 0.779. The smallest absolute Gasteiger partial charge is 0.280 e. The number of nitrogens with one attached hydrogen (secondary N) is 1. The Morgan fingerprint density at radius 1 is 1.08 bits per heavy atom. The van der Waals surface area contributed by atoms with Gasteiger partial charge >= 0.3 is 0 Å². The number of aromatic nitrogens is 2. The average molecular weight is 354 g/mol. The van der Waals surface area contributed by atoms with E-state index in [1.807, 2.05) is 31.2 Å². The van der Waals surface area contributed by atoms with Crippen molar-refractivity contribution >= 4 is 23.2 Å². The average Bonchev–Trinajstić information content (AvgIpc) is 2.56. The summed E-state index contributed by atoms with van der Waals surface area (Å²) >= 11 is 6.21. The van der Waals surface area contributed by atoms with Gasteiger partial charge in [-0.25, -0.2) is 4.68 Å². The van der Waals surface area contributed by atoms with Gasteiger partial charge in [0, 0.05) is 17.4 Å². The van der Waals surface area contributed by atoms with Crippen LogP contribution in [0.2, 0.25) is 5.02 Å². The van der Waals surface area contributed by atoms with Crippen LogP contribution in [0.25, 0.3) is 5.69 Å². The molecule has 126 valence electrons. The van der Waals surface area contributed by atoms with Crippen molar-refractivity contribution in [2.45, 2.75) is 13.8 Å². The molecule has 0 saturated heterocycles. The molecule has 2 aromatic carbocycles. The number of rotatable bonds is 3. The van der Waals surface area contributed by atoms with Crippen LogP contribution in [0.3, 0.4) is 0 Å². The Labute approximate surface area is 149 Å². The van der Waals surface area contributed by atoms with Gasteiger partial charge < -0.3 is 5.32 Å². The summed E-state index contributed by atoms with van der Waals surface area (Å²) in [6, 6.07) is 15.8. The summed E-state index contributed by atoms with van der Waals surface area (Å²) in [5.41, 5.74) is 2.17. The molecule has 3 aromatic rings. The van der Waals surface area contributed by atoms with Crippen molar-refractivity contribution in [3.8, 4) is 5.69 Å². The number of halogens is 1. The van der Waals surface area contributed by atoms with Gasteiger partial charge in [-0.1, -0.05) is 35.9 Å². The molecule has 5 nitrogen and oxygen atoms in total. The Morgan fingerprint density at radius 3 is 2.56 bits per heavy atom. The first-order chi connectivity index (χ1) is 12.0. The normalized spacial score (nSPS) is 10.5. The Morgan fingerprint density at radius 2 is 1.84 bits per heavy atom. The number of anilines is 1. The maximum Gasteiger partial charge on any atom is 0.280 e. The summed E-state index contributed by atoms with van der Waals surface area (Å²) < 4.78 is 1.49. The summed E-state index contributed by atoms with van der Waals surface area (Å²) in [5, 5.41) is 7.41. The van der Waals surface area contributed by atoms with Crippen molar-refractivity contribution < 1.29 is 4.79 Å². The molecule has 3 rings (SSSR count). The lowest BCUT2D eigenvalue weighted by Gasteiger charge is -2.12. The zero-order valence-electron chi connectivity index (χ0n) is 13.8. The molecule has 6 heteroatoms. The van der Waals surface area contributed by atoms with E-state index in [9.17, 15) is 9.59 Å². The molecule has 0 aliphatic carbocycles. The maximum atomic E-state index is 12.5. The predicted octanol–water partition coefficient (Wildman–Crippen LogP) is 3.76. The van der Waals surface area contributed by atoms with Crippen molar-refractivity contribution in [1.82, 2.24) is 9.78 Å². The first-order valence-electron chi connectivity index (χ1n) is 7.69. The minimum atomic E-state index is -0.559. The van der Waals surface area contributed by atoms with E-state index < -0.39 is 11.3 Å². The van der Waals surface area contributed by atoms with Crippen molar-refractivity contribution in [2.24, 2.45) is 0 Å². The number of carbonyl (C=O) groups excluding carboxylic acids is 1. The van der Waals surface area contributed by atoms with Gasteiger partial charge in [0.1, 0.15) is 0 Å². The molecular formula is C19H16ClN3O2. The molecule has 25 heavy (non-hydrogen) atoms. The zero-order chi connectivity index (χ0) is 18.0. The first-order valence-corrected chi connectivity index (χ1v) is 8.07. The first kappa shape index (κ1) is 16.9. The van der Waals surface area contributed by atoms with E-state index in [0.29, 0.717) is 22.1 Å². The number of aryl methyl sites for hydroxylation is 2. The van der Waals surface area contributed by atoms with Crippen LogP contribution in [0.1, 0.15) is 21.7 Å². The van der Waals surface area contributed by atoms with Crippen LogP contribution >= 0.6 is 11.6 Å². The molecule has 0 bridgehead atoms. The van der Waals surface area contributed by atoms with E-state index in [2.05, 4.69) is 10.4 Å². The second kappa shape index (κ2) is 6.91. The van der Waals surface area contributed by atoms with Crippen LogP contribution < -0.4 is 10.7 Å². The molecule has 0 fully saturated rings. The highest BCUT2D eigenvalue weighted by Crippen LogP contribution is 2.20. The highest BCUT2D eigenvalue weighted by atomic mass is 35.5. The summed E-state index contributed by atoms with van der Waals surface area (Å²) in [4.78, 5) is 24.7. The molecule has 1 aromatic heterocycles. The van der Waals surface area contributed by atoms with Gasteiger partial charge in [0.25, 0.3) is 5.91 Å². The van der Waals surface area contributed by atoms with E-state index in [4.69, 9.17) is 11.6 Å². The lowest BCUT2D eigenvalue weighted by molar-refractivity contribution is 0.101. The fraction of sp³-hybridized carbons (Fsp3) is 0.105. The molecule has 0 atom stereocenters. The van der Waals surface area contributed by atoms with Crippen molar-refractivity contribution in [3.63, 3.8) is 0 Å². The number of benzene rings is 2. The Hall–Kier alpha value is -2.92. The Balaban J connectivity index is 2.02. The van der Waals surface area contributed by atoms with Crippen molar-refractivity contribution in [3.05, 3.63) is 86.8 Å². The van der Waals surface area contributed by atoms with Crippen LogP contribution in [0.15, 0.2) is 59.4 Å². The standard InChI is InChI=1S/C19H16ClN3O2/c1-12-6-5-7-14(10-12)21-19(25)18-17(24)11-13(2)23(22-18)16-9-4-3-8-15(16)20/h3-11H,1-2H3,(H,21,25). The molecule has 0 radical (unpaired) electrons. The van der Waals surface area contributed by atoms with Gasteiger partial charge in [0.05, 0.1) is 10.7 Å². The molecule has 1 heterocycles. The number of hydrogen-bond donors (Lipinski definition) is 1. The second-order valence-corrected chi connectivity index (χ2v) is 6.09. The third-order valence-electron chi connectivity index (χ3n) is 3.68. The van der Waals surface area contributed by atoms with Gasteiger partial charge in [-0.05, 0) is 43.7 Å². The van der Waals surface area contributed by atoms with E-state index >= 15 is 0 Å². The molecule has 0 saturated carbocycles. The topological polar surface area (TPSA) is 64.0 Å². The molecule has 1 N–H and O–H groups in total. The maximum absolute atomic E-state index is 12.5. The van der Waals surface area contributed by atoms with E-state index in [1.54, 1.807) is 31.2 Å². The molecule has 0 aliphatic rings. The van der Waals surface area contributed by atoms with Gasteiger partial charge in [-0.3, -0.25) is 9.59 Å². The van der Waals surface area contributed by atoms with E-state index in [-0.39, 0.29) is 5.69 Å². The summed E-state index contributed by atoms with van der Waals surface area (Å²) in [7, 11) is 0. The summed E-state index contributed by atoms with van der Waals surface area (Å²) in [5.74, 6) is -0.559. The van der Waals surface area contributed by atoms with Crippen molar-refractivity contribution in [1.29, 1.82) is 0 Å². The number of carbonyl (C=O) groups is 1. The fourth-order valence-corrected chi connectivity index (χ4v) is 2.70. The van der Waals surface area contributed by atoms with E-state index in [1.165, 1.54) is 10.7 Å². The lowest BCUT2D eigenvalue weighted by Crippen LogP contribution is -2.27. The largest absolute Gasteiger partial charge is 0.320 e. The zero-order valence-corrected chi connectivity index (χ0v) is 14.5. The molecule has 1 amide bonds. The minimum Gasteiger partial charge on any atom is -0.320 e. The van der Waals surface area contributed by atoms with Crippen LogP contribution in [0.4, 0.5) is 5.69 Å². The third-order valence-corrected chi connectivity index (χ3v) is 4.00. The number of para-hydroxylation sites is 1. The second-order valence-electron chi connectivity index (χ2n) is 5.69. The summed E-state index contributed by atoms with van der Waals surface area (Å²) in [6.45, 7) is 3.66. The number of amides is 1. The van der Waals surface area contributed by atoms with Gasteiger partial charge in [-0.15, -0.1) is 0 Å². The summed E-state index contributed by atoms with van der Waals surface area (Å²) in [6.07, 6.45) is 0.